The molecule has 0 spiro atoms. The van der Waals surface area contributed by atoms with E-state index in [9.17, 15) is 0 Å². The summed E-state index contributed by atoms with van der Waals surface area (Å²) in [6.45, 7) is 23.0. The van der Waals surface area contributed by atoms with Crippen LogP contribution in [0.25, 0.3) is 32.6 Å². The highest BCUT2D eigenvalue weighted by atomic mass is 14.9. The molecule has 1 nitrogen and oxygen atoms in total. The van der Waals surface area contributed by atoms with E-state index in [1.54, 1.807) is 0 Å². The van der Waals surface area contributed by atoms with Crippen molar-refractivity contribution in [2.24, 2.45) is 7.05 Å². The molecule has 28 heavy (non-hydrogen) atoms. The molecule has 146 valence electrons. The molecule has 0 amide bonds. The van der Waals surface area contributed by atoms with Gasteiger partial charge >= 0.3 is 0 Å². The number of aryl methyl sites for hydroxylation is 7. The summed E-state index contributed by atoms with van der Waals surface area (Å²) in [4.78, 5) is 0. The molecule has 0 aliphatic carbocycles. The van der Waals surface area contributed by atoms with Gasteiger partial charge in [0.15, 0.2) is 0 Å². The Bertz CT molecular complexity index is 1340. The molecule has 0 saturated heterocycles. The minimum absolute atomic E-state index is 1.40. The fourth-order valence-electron chi connectivity index (χ4n) is 5.53. The highest BCUT2D eigenvalue weighted by Gasteiger charge is 2.23. The van der Waals surface area contributed by atoms with Gasteiger partial charge in [0, 0.05) is 23.2 Å². The molecule has 4 aromatic rings. The lowest BCUT2D eigenvalue weighted by Gasteiger charge is -2.19. The Labute approximate surface area is 169 Å². The van der Waals surface area contributed by atoms with E-state index in [0.29, 0.717) is 0 Å². The summed E-state index contributed by atoms with van der Waals surface area (Å²) in [5, 5.41) is 5.82. The van der Waals surface area contributed by atoms with E-state index in [-0.39, 0.29) is 0 Å². The summed E-state index contributed by atoms with van der Waals surface area (Å²) in [6, 6.07) is 0. The van der Waals surface area contributed by atoms with Crippen molar-refractivity contribution in [3.8, 4) is 0 Å². The molecule has 0 unspecified atom stereocenters. The molecule has 0 radical (unpaired) electrons. The highest BCUT2D eigenvalue weighted by molar-refractivity contribution is 6.23. The van der Waals surface area contributed by atoms with E-state index < -0.39 is 0 Å². The Kier molecular flexibility index (Phi) is 3.99. The summed E-state index contributed by atoms with van der Waals surface area (Å²) in [6.07, 6.45) is 0. The quantitative estimate of drug-likeness (QED) is 0.300. The van der Waals surface area contributed by atoms with Crippen LogP contribution in [0.15, 0.2) is 0 Å². The fourth-order valence-corrected chi connectivity index (χ4v) is 5.53. The number of hydrogen-bond donors (Lipinski definition) is 0. The number of fused-ring (bicyclic) bond motifs is 5. The van der Waals surface area contributed by atoms with Crippen molar-refractivity contribution in [1.82, 2.24) is 4.57 Å². The maximum absolute atomic E-state index is 2.48. The predicted octanol–water partition coefficient (Wildman–Crippen LogP) is 7.57. The normalized spacial score (nSPS) is 12.1. The molecule has 1 heteroatoms. The van der Waals surface area contributed by atoms with Crippen LogP contribution in [0.2, 0.25) is 0 Å². The molecule has 0 bridgehead atoms. The zero-order valence-corrected chi connectivity index (χ0v) is 19.4. The number of rotatable bonds is 0. The van der Waals surface area contributed by atoms with E-state index in [2.05, 4.69) is 80.9 Å². The van der Waals surface area contributed by atoms with Gasteiger partial charge in [0.25, 0.3) is 0 Å². The van der Waals surface area contributed by atoms with Crippen LogP contribution in [-0.2, 0) is 7.05 Å². The Morgan fingerprint density at radius 1 is 0.321 bits per heavy atom. The monoisotopic (exact) mass is 371 g/mol. The third kappa shape index (κ3) is 2.03. The standard InChI is InChI=1S/C27H33N/c1-12-13(2)17(6)23-22(16(12)5)19(8)20(9)25-24-18(7)14(3)15(4)21(10)26(24)28(11)27(23)25/h1-11H3. The van der Waals surface area contributed by atoms with Crippen LogP contribution in [-0.4, -0.2) is 4.57 Å². The smallest absolute Gasteiger partial charge is 0.0574 e. The molecular formula is C27H33N. The minimum atomic E-state index is 1.40. The summed E-state index contributed by atoms with van der Waals surface area (Å²) in [5.41, 5.74) is 17.1. The van der Waals surface area contributed by atoms with Gasteiger partial charge in [-0.2, -0.15) is 0 Å². The number of benzene rings is 3. The Hall–Kier alpha value is -2.28. The maximum atomic E-state index is 2.48. The van der Waals surface area contributed by atoms with Crippen LogP contribution in [0.3, 0.4) is 0 Å². The summed E-state index contributed by atoms with van der Waals surface area (Å²) in [7, 11) is 2.27. The van der Waals surface area contributed by atoms with E-state index >= 15 is 0 Å². The van der Waals surface area contributed by atoms with E-state index in [4.69, 9.17) is 0 Å². The van der Waals surface area contributed by atoms with Gasteiger partial charge in [0.1, 0.15) is 0 Å². The molecular weight excluding hydrogens is 338 g/mol. The van der Waals surface area contributed by atoms with Crippen molar-refractivity contribution in [2.45, 2.75) is 69.2 Å². The number of aromatic nitrogens is 1. The van der Waals surface area contributed by atoms with Gasteiger partial charge in [0.05, 0.1) is 11.0 Å². The van der Waals surface area contributed by atoms with E-state index in [1.165, 1.54) is 88.2 Å². The van der Waals surface area contributed by atoms with Crippen molar-refractivity contribution in [1.29, 1.82) is 0 Å². The minimum Gasteiger partial charge on any atom is -0.343 e. The molecule has 0 aliphatic rings. The Balaban J connectivity index is 2.53. The summed E-state index contributed by atoms with van der Waals surface area (Å²) < 4.78 is 2.48. The second kappa shape index (κ2) is 5.86. The van der Waals surface area contributed by atoms with E-state index in [0.717, 1.165) is 0 Å². The zero-order chi connectivity index (χ0) is 20.8. The number of hydrogen-bond acceptors (Lipinski definition) is 0. The van der Waals surface area contributed by atoms with Gasteiger partial charge in [-0.25, -0.2) is 0 Å². The lowest BCUT2D eigenvalue weighted by atomic mass is 9.85. The third-order valence-electron chi connectivity index (χ3n) is 8.05. The first-order chi connectivity index (χ1) is 13.0. The summed E-state index contributed by atoms with van der Waals surface area (Å²) >= 11 is 0. The van der Waals surface area contributed by atoms with Crippen LogP contribution in [0.1, 0.15) is 55.6 Å². The maximum Gasteiger partial charge on any atom is 0.0574 e. The first-order valence-corrected chi connectivity index (χ1v) is 10.4. The fraction of sp³-hybridized carbons (Fsp3) is 0.407. The molecule has 0 fully saturated rings. The SMILES string of the molecule is Cc1c(C)c(C)c2c(c1C)c(C)c(C)c1c3c(C)c(C)c(C)c(C)c3n(C)c21. The zero-order valence-electron chi connectivity index (χ0n) is 19.4. The molecule has 0 atom stereocenters. The lowest BCUT2D eigenvalue weighted by molar-refractivity contribution is 1.01. The van der Waals surface area contributed by atoms with Crippen molar-refractivity contribution in [3.05, 3.63) is 55.6 Å². The largest absolute Gasteiger partial charge is 0.343 e. The van der Waals surface area contributed by atoms with Crippen LogP contribution < -0.4 is 0 Å². The molecule has 1 aromatic heterocycles. The van der Waals surface area contributed by atoms with Gasteiger partial charge in [-0.05, 0) is 130 Å². The van der Waals surface area contributed by atoms with Crippen molar-refractivity contribution < 1.29 is 0 Å². The summed E-state index contributed by atoms with van der Waals surface area (Å²) in [5.74, 6) is 0. The Morgan fingerprint density at radius 3 is 1.11 bits per heavy atom. The van der Waals surface area contributed by atoms with Gasteiger partial charge in [-0.15, -0.1) is 0 Å². The average Bonchev–Trinajstić information content (AvgIpc) is 2.97. The first kappa shape index (κ1) is 19.1. The van der Waals surface area contributed by atoms with E-state index in [1.807, 2.05) is 0 Å². The molecule has 4 rings (SSSR count). The third-order valence-corrected chi connectivity index (χ3v) is 8.05. The van der Waals surface area contributed by atoms with Gasteiger partial charge in [0.2, 0.25) is 0 Å². The van der Waals surface area contributed by atoms with Gasteiger partial charge in [-0.1, -0.05) is 0 Å². The first-order valence-electron chi connectivity index (χ1n) is 10.4. The van der Waals surface area contributed by atoms with Crippen molar-refractivity contribution in [2.75, 3.05) is 0 Å². The molecule has 1 heterocycles. The van der Waals surface area contributed by atoms with Crippen LogP contribution in [0.4, 0.5) is 0 Å². The molecule has 0 saturated carbocycles. The Morgan fingerprint density at radius 2 is 0.607 bits per heavy atom. The molecule has 0 aliphatic heterocycles. The van der Waals surface area contributed by atoms with Gasteiger partial charge < -0.3 is 4.57 Å². The second-order valence-corrected chi connectivity index (χ2v) is 9.01. The lowest BCUT2D eigenvalue weighted by Crippen LogP contribution is -2.00. The topological polar surface area (TPSA) is 4.93 Å². The van der Waals surface area contributed by atoms with Gasteiger partial charge in [-0.3, -0.25) is 0 Å². The van der Waals surface area contributed by atoms with Crippen LogP contribution >= 0.6 is 0 Å². The highest BCUT2D eigenvalue weighted by Crippen LogP contribution is 2.45. The van der Waals surface area contributed by atoms with Crippen molar-refractivity contribution >= 4 is 32.6 Å². The average molecular weight is 372 g/mol. The number of nitrogens with zero attached hydrogens (tertiary/aromatic N) is 1. The van der Waals surface area contributed by atoms with Crippen LogP contribution in [0.5, 0.6) is 0 Å². The van der Waals surface area contributed by atoms with Crippen molar-refractivity contribution in [3.63, 3.8) is 0 Å². The van der Waals surface area contributed by atoms with Crippen LogP contribution in [0, 0.1) is 69.2 Å². The second-order valence-electron chi connectivity index (χ2n) is 9.01. The molecule has 0 N–H and O–H groups in total. The molecule has 3 aromatic carbocycles. The predicted molar refractivity (Wildman–Crippen MR) is 125 cm³/mol.